The molecule has 0 amide bonds. The smallest absolute Gasteiger partial charge is 0.0991 e. The molecule has 2 aliphatic heterocycles. The van der Waals surface area contributed by atoms with E-state index in [0.29, 0.717) is 0 Å². The molecule has 0 saturated carbocycles. The molecule has 1 fully saturated rings. The zero-order valence-corrected chi connectivity index (χ0v) is 18.8. The third-order valence-corrected chi connectivity index (χ3v) is 7.51. The van der Waals surface area contributed by atoms with Crippen LogP contribution in [0.3, 0.4) is 0 Å². The fraction of sp³-hybridized carbons (Fsp3) is 0.400. The van der Waals surface area contributed by atoms with Crippen LogP contribution in [0.1, 0.15) is 36.0 Å². The number of nitrogens with one attached hydrogen (secondary N) is 1. The van der Waals surface area contributed by atoms with Crippen LogP contribution in [0.4, 0.5) is 11.4 Å². The molecule has 2 heterocycles. The SMILES string of the molecule is C=C1Nc2ccc(C#N)cc2C12CCN(CCCc1ccc(N(C)SC)cc1)CC2. The van der Waals surface area contributed by atoms with Crippen molar-refractivity contribution in [2.45, 2.75) is 31.1 Å². The first-order chi connectivity index (χ1) is 14.6. The van der Waals surface area contributed by atoms with E-state index in [2.05, 4.69) is 70.8 Å². The van der Waals surface area contributed by atoms with Crippen LogP contribution in [-0.2, 0) is 11.8 Å². The van der Waals surface area contributed by atoms with Crippen molar-refractivity contribution in [1.82, 2.24) is 4.90 Å². The molecule has 0 aliphatic carbocycles. The number of hydrogen-bond donors (Lipinski definition) is 1. The van der Waals surface area contributed by atoms with E-state index in [0.717, 1.165) is 55.8 Å². The summed E-state index contributed by atoms with van der Waals surface area (Å²) in [6, 6.07) is 17.2. The van der Waals surface area contributed by atoms with Gasteiger partial charge in [-0.25, -0.2) is 0 Å². The highest BCUT2D eigenvalue weighted by Crippen LogP contribution is 2.49. The molecule has 156 valence electrons. The molecule has 0 atom stereocenters. The fourth-order valence-electron chi connectivity index (χ4n) is 4.78. The first kappa shape index (κ1) is 20.8. The van der Waals surface area contributed by atoms with Crippen molar-refractivity contribution in [2.24, 2.45) is 0 Å². The van der Waals surface area contributed by atoms with Crippen molar-refractivity contribution in [1.29, 1.82) is 5.26 Å². The van der Waals surface area contributed by atoms with Crippen molar-refractivity contribution in [3.8, 4) is 6.07 Å². The van der Waals surface area contributed by atoms with Gasteiger partial charge in [-0.15, -0.1) is 0 Å². The van der Waals surface area contributed by atoms with Gasteiger partial charge in [-0.05, 0) is 86.8 Å². The van der Waals surface area contributed by atoms with Gasteiger partial charge in [0.25, 0.3) is 0 Å². The van der Waals surface area contributed by atoms with Crippen molar-refractivity contribution in [3.05, 3.63) is 71.4 Å². The van der Waals surface area contributed by atoms with Gasteiger partial charge in [-0.1, -0.05) is 30.7 Å². The molecule has 0 radical (unpaired) electrons. The number of likely N-dealkylation sites (tertiary alicyclic amines) is 1. The van der Waals surface area contributed by atoms with Crippen molar-refractivity contribution in [2.75, 3.05) is 42.6 Å². The first-order valence-corrected chi connectivity index (χ1v) is 11.8. The predicted octanol–water partition coefficient (Wildman–Crippen LogP) is 5.18. The minimum atomic E-state index is -0.0160. The highest BCUT2D eigenvalue weighted by Gasteiger charge is 2.44. The van der Waals surface area contributed by atoms with E-state index in [1.807, 2.05) is 12.1 Å². The van der Waals surface area contributed by atoms with Gasteiger partial charge in [0.15, 0.2) is 0 Å². The molecule has 2 aromatic carbocycles. The van der Waals surface area contributed by atoms with Crippen LogP contribution in [0.25, 0.3) is 0 Å². The Kier molecular flexibility index (Phi) is 6.08. The quantitative estimate of drug-likeness (QED) is 0.655. The largest absolute Gasteiger partial charge is 0.358 e. The Labute approximate surface area is 184 Å². The number of allylic oxidation sites excluding steroid dienone is 1. The summed E-state index contributed by atoms with van der Waals surface area (Å²) in [5.74, 6) is 0. The zero-order chi connectivity index (χ0) is 21.1. The number of nitrogens with zero attached hydrogens (tertiary/aromatic N) is 3. The molecule has 1 spiro atoms. The Morgan fingerprint density at radius 1 is 1.20 bits per heavy atom. The second-order valence-corrected chi connectivity index (χ2v) is 9.26. The second-order valence-electron chi connectivity index (χ2n) is 8.35. The molecule has 1 N–H and O–H groups in total. The van der Waals surface area contributed by atoms with Gasteiger partial charge in [-0.3, -0.25) is 0 Å². The molecule has 1 saturated heterocycles. The first-order valence-electron chi connectivity index (χ1n) is 10.7. The van der Waals surface area contributed by atoms with Gasteiger partial charge in [0.1, 0.15) is 0 Å². The van der Waals surface area contributed by atoms with Crippen LogP contribution in [-0.4, -0.2) is 37.8 Å². The number of benzene rings is 2. The van der Waals surface area contributed by atoms with Crippen LogP contribution < -0.4 is 9.62 Å². The normalized spacial score (nSPS) is 17.4. The van der Waals surface area contributed by atoms with Crippen LogP contribution in [0.15, 0.2) is 54.7 Å². The van der Waals surface area contributed by atoms with Gasteiger partial charge in [-0.2, -0.15) is 5.26 Å². The van der Waals surface area contributed by atoms with E-state index in [9.17, 15) is 5.26 Å². The molecule has 0 bridgehead atoms. The summed E-state index contributed by atoms with van der Waals surface area (Å²) in [4.78, 5) is 2.58. The molecule has 2 aromatic rings. The number of fused-ring (bicyclic) bond motifs is 2. The van der Waals surface area contributed by atoms with E-state index in [4.69, 9.17) is 0 Å². The van der Waals surface area contributed by atoms with Crippen molar-refractivity contribution < 1.29 is 0 Å². The Hall–Kier alpha value is -2.42. The monoisotopic (exact) mass is 418 g/mol. The molecule has 30 heavy (non-hydrogen) atoms. The van der Waals surface area contributed by atoms with E-state index < -0.39 is 0 Å². The third kappa shape index (κ3) is 3.95. The molecule has 0 unspecified atom stereocenters. The lowest BCUT2D eigenvalue weighted by Crippen LogP contribution is -2.43. The van der Waals surface area contributed by atoms with E-state index in [-0.39, 0.29) is 5.41 Å². The minimum Gasteiger partial charge on any atom is -0.358 e. The average molecular weight is 419 g/mol. The molecule has 5 heteroatoms. The third-order valence-electron chi connectivity index (χ3n) is 6.75. The molecule has 4 rings (SSSR count). The number of anilines is 2. The van der Waals surface area contributed by atoms with E-state index in [1.165, 1.54) is 23.2 Å². The topological polar surface area (TPSA) is 42.3 Å². The Morgan fingerprint density at radius 2 is 1.93 bits per heavy atom. The van der Waals surface area contributed by atoms with Crippen molar-refractivity contribution >= 4 is 23.3 Å². The number of aryl methyl sites for hydroxylation is 1. The lowest BCUT2D eigenvalue weighted by atomic mass is 9.72. The summed E-state index contributed by atoms with van der Waals surface area (Å²) in [6.07, 6.45) is 6.52. The van der Waals surface area contributed by atoms with Gasteiger partial charge in [0, 0.05) is 35.8 Å². The Balaban J connectivity index is 1.32. The van der Waals surface area contributed by atoms with Crippen LogP contribution in [0, 0.1) is 11.3 Å². The highest BCUT2D eigenvalue weighted by atomic mass is 32.2. The zero-order valence-electron chi connectivity index (χ0n) is 17.9. The lowest BCUT2D eigenvalue weighted by molar-refractivity contribution is 0.179. The Morgan fingerprint density at radius 3 is 2.60 bits per heavy atom. The molecule has 4 nitrogen and oxygen atoms in total. The summed E-state index contributed by atoms with van der Waals surface area (Å²) >= 11 is 1.73. The number of nitriles is 1. The lowest BCUT2D eigenvalue weighted by Gasteiger charge is -2.40. The van der Waals surface area contributed by atoms with Gasteiger partial charge in [0.2, 0.25) is 0 Å². The van der Waals surface area contributed by atoms with Gasteiger partial charge >= 0.3 is 0 Å². The summed E-state index contributed by atoms with van der Waals surface area (Å²) in [5.41, 5.74) is 6.87. The van der Waals surface area contributed by atoms with Crippen LogP contribution in [0.2, 0.25) is 0 Å². The maximum Gasteiger partial charge on any atom is 0.0991 e. The molecule has 0 aromatic heterocycles. The van der Waals surface area contributed by atoms with Gasteiger partial charge < -0.3 is 14.5 Å². The minimum absolute atomic E-state index is 0.0160. The Bertz CT molecular complexity index is 952. The second kappa shape index (κ2) is 8.75. The van der Waals surface area contributed by atoms with Crippen LogP contribution in [0.5, 0.6) is 0 Å². The van der Waals surface area contributed by atoms with E-state index >= 15 is 0 Å². The van der Waals surface area contributed by atoms with E-state index in [1.54, 1.807) is 11.9 Å². The van der Waals surface area contributed by atoms with Gasteiger partial charge in [0.05, 0.1) is 11.6 Å². The number of hydrogen-bond acceptors (Lipinski definition) is 5. The van der Waals surface area contributed by atoms with Crippen LogP contribution >= 0.6 is 11.9 Å². The summed E-state index contributed by atoms with van der Waals surface area (Å²) in [7, 11) is 2.09. The maximum absolute atomic E-state index is 9.31. The molecular weight excluding hydrogens is 388 g/mol. The summed E-state index contributed by atoms with van der Waals surface area (Å²) in [5, 5.41) is 12.8. The predicted molar refractivity (Wildman–Crippen MR) is 128 cm³/mol. The average Bonchev–Trinajstić information content (AvgIpc) is 3.05. The molecular formula is C25H30N4S. The number of piperidine rings is 1. The summed E-state index contributed by atoms with van der Waals surface area (Å²) < 4.78 is 2.18. The number of rotatable bonds is 6. The fourth-order valence-corrected chi connectivity index (χ4v) is 5.11. The maximum atomic E-state index is 9.31. The highest BCUT2D eigenvalue weighted by molar-refractivity contribution is 7.99. The standard InChI is InChI=1S/C25H30N4S/c1-19-25(23-17-21(18-26)8-11-24(23)27-19)12-15-29(16-13-25)14-4-5-20-6-9-22(10-7-20)28(2)30-3/h6-11,17,27H,1,4-5,12-16H2,2-3H3. The summed E-state index contributed by atoms with van der Waals surface area (Å²) in [6.45, 7) is 7.62. The molecule has 2 aliphatic rings. The van der Waals surface area contributed by atoms with Crippen molar-refractivity contribution in [3.63, 3.8) is 0 Å².